The molecule has 0 aliphatic heterocycles. The van der Waals surface area contributed by atoms with E-state index in [-0.39, 0.29) is 16.2 Å². The zero-order chi connectivity index (χ0) is 32.4. The van der Waals surface area contributed by atoms with Gasteiger partial charge in [-0.2, -0.15) is 0 Å². The second-order valence-electron chi connectivity index (χ2n) is 16.5. The normalized spacial score (nSPS) is 20.5. The minimum atomic E-state index is -2.30. The molecule has 0 bridgehead atoms. The van der Waals surface area contributed by atoms with Gasteiger partial charge in [0.05, 0.1) is 8.80 Å². The first-order valence-corrected chi connectivity index (χ1v) is 22.6. The second-order valence-corrected chi connectivity index (χ2v) is 24.2. The molecule has 0 radical (unpaired) electrons. The molecule has 2 aromatic carbocycles. The van der Waals surface area contributed by atoms with E-state index in [1.165, 1.54) is 52.2 Å². The number of hydrogen-bond donors (Lipinski definition) is 0. The Labute approximate surface area is 271 Å². The molecule has 0 saturated heterocycles. The minimum Gasteiger partial charge on any atom is -0.489 e. The van der Waals surface area contributed by atoms with Gasteiger partial charge in [-0.25, -0.2) is 0 Å². The number of allylic oxidation sites excluding steroid dienone is 4. The lowest BCUT2D eigenvalue weighted by atomic mass is 9.73. The Morgan fingerprint density at radius 3 is 2.30 bits per heavy atom. The summed E-state index contributed by atoms with van der Waals surface area (Å²) in [5.41, 5.74) is 10.2. The van der Waals surface area contributed by atoms with Gasteiger partial charge in [0.1, 0.15) is 20.4 Å². The Bertz CT molecular complexity index is 1670. The van der Waals surface area contributed by atoms with Crippen LogP contribution in [-0.2, 0) is 5.41 Å². The van der Waals surface area contributed by atoms with Crippen LogP contribution in [0.1, 0.15) is 86.3 Å². The molecular weight excluding hydrogens is 565 g/mol. The quantitative estimate of drug-likeness (QED) is 0.212. The Kier molecular flexibility index (Phi) is 8.60. The summed E-state index contributed by atoms with van der Waals surface area (Å²) in [7, 11) is -3.43. The maximum Gasteiger partial charge on any atom is 0.122 e. The van der Waals surface area contributed by atoms with Gasteiger partial charge in [-0.1, -0.05) is 153 Å². The molecule has 5 rings (SSSR count). The number of benzene rings is 2. The predicted octanol–water partition coefficient (Wildman–Crippen LogP) is 8.34. The Balaban J connectivity index is 1.98. The molecule has 3 aliphatic carbocycles. The van der Waals surface area contributed by atoms with E-state index in [0.717, 1.165) is 0 Å². The molecule has 0 spiro atoms. The highest BCUT2D eigenvalue weighted by Crippen LogP contribution is 2.62. The van der Waals surface area contributed by atoms with Crippen LogP contribution in [0.2, 0.25) is 30.7 Å². The Morgan fingerprint density at radius 2 is 1.70 bits per heavy atom. The number of aryl methyl sites for hydroxylation is 1. The van der Waals surface area contributed by atoms with Crippen molar-refractivity contribution in [1.82, 2.24) is 0 Å². The first-order valence-electron chi connectivity index (χ1n) is 17.3. The molecule has 0 saturated carbocycles. The van der Waals surface area contributed by atoms with Crippen LogP contribution in [0.15, 0.2) is 65.8 Å². The summed E-state index contributed by atoms with van der Waals surface area (Å²) in [6, 6.07) is 14.3. The van der Waals surface area contributed by atoms with Crippen LogP contribution in [0.3, 0.4) is 0 Å². The van der Waals surface area contributed by atoms with E-state index in [9.17, 15) is 0 Å². The SMILES string of the molecule is C=CCOc1c([Si](CC)(CC)C2C3=CC(C)(C)CCC3=C3C2=c2ccccc2=CC3(C)C)cc(C)c([SiH](C)C)c1C(C)(C)C. The third kappa shape index (κ3) is 5.20. The van der Waals surface area contributed by atoms with Crippen molar-refractivity contribution in [3.05, 3.63) is 87.3 Å². The standard InChI is InChI=1S/C41H58OSi2/c1-14-23-42-36-32(24-27(4)37(43(12)13)35(36)39(5,6)7)44(15-2,16-3)38-31-26-40(8,9)22-21-30(31)34-33(38)29-20-18-17-19-28(29)25-41(34,10)11/h14,17-20,24-26,38,43H,1,15-16,21-23H2,2-13H3. The molecule has 0 N–H and O–H groups in total. The van der Waals surface area contributed by atoms with Gasteiger partial charge in [0, 0.05) is 11.0 Å². The van der Waals surface area contributed by atoms with Crippen LogP contribution in [-0.4, -0.2) is 23.5 Å². The monoisotopic (exact) mass is 622 g/mol. The third-order valence-corrected chi connectivity index (χ3v) is 18.6. The van der Waals surface area contributed by atoms with Crippen LogP contribution in [0, 0.1) is 17.8 Å². The second kappa shape index (κ2) is 11.5. The lowest BCUT2D eigenvalue weighted by molar-refractivity contribution is 0.354. The first kappa shape index (κ1) is 33.0. The maximum atomic E-state index is 6.97. The van der Waals surface area contributed by atoms with Gasteiger partial charge in [-0.3, -0.25) is 0 Å². The highest BCUT2D eigenvalue weighted by atomic mass is 28.3. The van der Waals surface area contributed by atoms with Crippen molar-refractivity contribution >= 4 is 38.9 Å². The molecule has 0 amide bonds. The number of rotatable bonds is 8. The summed E-state index contributed by atoms with van der Waals surface area (Å²) in [5, 5.41) is 6.04. The molecule has 1 atom stereocenters. The van der Waals surface area contributed by atoms with Crippen LogP contribution >= 0.6 is 0 Å². The average Bonchev–Trinajstić information content (AvgIpc) is 3.27. The van der Waals surface area contributed by atoms with E-state index in [1.807, 2.05) is 6.08 Å². The van der Waals surface area contributed by atoms with Crippen LogP contribution in [0.4, 0.5) is 0 Å². The summed E-state index contributed by atoms with van der Waals surface area (Å²) in [6.45, 7) is 34.1. The van der Waals surface area contributed by atoms with Gasteiger partial charge in [0.2, 0.25) is 0 Å². The number of hydrogen-bond acceptors (Lipinski definition) is 1. The average molecular weight is 623 g/mol. The molecule has 2 aromatic rings. The van der Waals surface area contributed by atoms with Crippen molar-refractivity contribution in [3.63, 3.8) is 0 Å². The van der Waals surface area contributed by atoms with E-state index in [1.54, 1.807) is 32.7 Å². The topological polar surface area (TPSA) is 9.23 Å². The van der Waals surface area contributed by atoms with Crippen molar-refractivity contribution in [2.75, 3.05) is 6.61 Å². The highest BCUT2D eigenvalue weighted by Gasteiger charge is 2.54. The van der Waals surface area contributed by atoms with Gasteiger partial charge < -0.3 is 4.74 Å². The zero-order valence-electron chi connectivity index (χ0n) is 29.9. The molecule has 1 unspecified atom stereocenters. The van der Waals surface area contributed by atoms with Crippen molar-refractivity contribution in [3.8, 4) is 5.75 Å². The summed E-state index contributed by atoms with van der Waals surface area (Å²) in [4.78, 5) is 0. The van der Waals surface area contributed by atoms with E-state index >= 15 is 0 Å². The fourth-order valence-corrected chi connectivity index (χ4v) is 16.6. The highest BCUT2D eigenvalue weighted by molar-refractivity contribution is 6.95. The Hall–Kier alpha value is -2.37. The van der Waals surface area contributed by atoms with Gasteiger partial charge in [-0.05, 0) is 74.1 Å². The van der Waals surface area contributed by atoms with Crippen molar-refractivity contribution in [1.29, 1.82) is 0 Å². The Morgan fingerprint density at radius 1 is 1.05 bits per heavy atom. The molecule has 44 heavy (non-hydrogen) atoms. The fraction of sp³-hybridized carbons (Fsp3) is 0.512. The zero-order valence-corrected chi connectivity index (χ0v) is 32.1. The lowest BCUT2D eigenvalue weighted by Crippen LogP contribution is -2.55. The molecule has 236 valence electrons. The third-order valence-electron chi connectivity index (χ3n) is 11.0. The molecule has 3 aliphatic rings. The summed E-state index contributed by atoms with van der Waals surface area (Å²) in [6.07, 6.45) is 9.60. The molecule has 3 heteroatoms. The fourth-order valence-electron chi connectivity index (χ4n) is 9.25. The van der Waals surface area contributed by atoms with Crippen molar-refractivity contribution < 1.29 is 4.74 Å². The molecular formula is C41H58OSi2. The van der Waals surface area contributed by atoms with E-state index in [2.05, 4.69) is 131 Å². The van der Waals surface area contributed by atoms with Gasteiger partial charge in [0.15, 0.2) is 0 Å². The van der Waals surface area contributed by atoms with Crippen LogP contribution in [0.5, 0.6) is 5.75 Å². The van der Waals surface area contributed by atoms with E-state index in [0.29, 0.717) is 12.1 Å². The number of ether oxygens (including phenoxy) is 1. The number of fused-ring (bicyclic) bond motifs is 3. The minimum absolute atomic E-state index is 0.00226. The van der Waals surface area contributed by atoms with Gasteiger partial charge in [0.25, 0.3) is 0 Å². The van der Waals surface area contributed by atoms with E-state index in [4.69, 9.17) is 4.74 Å². The summed E-state index contributed by atoms with van der Waals surface area (Å²) < 4.78 is 6.97. The molecule has 0 fully saturated rings. The molecule has 0 aromatic heterocycles. The smallest absolute Gasteiger partial charge is 0.122 e. The van der Waals surface area contributed by atoms with Crippen LogP contribution in [0.25, 0.3) is 11.6 Å². The molecule has 1 nitrogen and oxygen atoms in total. The van der Waals surface area contributed by atoms with E-state index < -0.39 is 16.9 Å². The maximum absolute atomic E-state index is 6.97. The largest absolute Gasteiger partial charge is 0.489 e. The van der Waals surface area contributed by atoms with Gasteiger partial charge >= 0.3 is 0 Å². The molecule has 0 heterocycles. The first-order chi connectivity index (χ1) is 20.5. The summed E-state index contributed by atoms with van der Waals surface area (Å²) in [5.74, 6) is 1.20. The van der Waals surface area contributed by atoms with Crippen molar-refractivity contribution in [2.24, 2.45) is 10.8 Å². The van der Waals surface area contributed by atoms with Gasteiger partial charge in [-0.15, -0.1) is 0 Å². The van der Waals surface area contributed by atoms with Crippen LogP contribution < -0.4 is 25.5 Å². The van der Waals surface area contributed by atoms with Crippen molar-refractivity contribution in [2.45, 2.75) is 118 Å². The predicted molar refractivity (Wildman–Crippen MR) is 200 cm³/mol. The summed E-state index contributed by atoms with van der Waals surface area (Å²) >= 11 is 0. The lowest BCUT2D eigenvalue weighted by Gasteiger charge is -2.44.